The molecule has 0 radical (unpaired) electrons. The summed E-state index contributed by atoms with van der Waals surface area (Å²) in [5.74, 6) is 0. The highest BCUT2D eigenvalue weighted by Crippen LogP contribution is 2.15. The minimum absolute atomic E-state index is 0.0724. The quantitative estimate of drug-likeness (QED) is 0.473. The van der Waals surface area contributed by atoms with Crippen molar-refractivity contribution in [2.75, 3.05) is 26.3 Å². The highest BCUT2D eigenvalue weighted by molar-refractivity contribution is 5.46. The van der Waals surface area contributed by atoms with Crippen molar-refractivity contribution in [1.29, 1.82) is 0 Å². The molecule has 3 nitrogen and oxygen atoms in total. The Labute approximate surface area is 80.8 Å². The summed E-state index contributed by atoms with van der Waals surface area (Å²) in [7, 11) is 0. The van der Waals surface area contributed by atoms with Gasteiger partial charge >= 0.3 is 6.18 Å². The maximum absolute atomic E-state index is 11.8. The van der Waals surface area contributed by atoms with Gasteiger partial charge in [0.1, 0.15) is 6.54 Å². The van der Waals surface area contributed by atoms with Crippen LogP contribution in [0.4, 0.5) is 13.2 Å². The minimum atomic E-state index is -4.33. The fourth-order valence-electron chi connectivity index (χ4n) is 0.913. The molecule has 0 aromatic rings. The number of hydrogen-bond acceptors (Lipinski definition) is 2. The molecule has 0 aliphatic carbocycles. The minimum Gasteiger partial charge on any atom is -0.382 e. The number of carbonyl (C=O) groups is 1. The predicted molar refractivity (Wildman–Crippen MR) is 44.8 cm³/mol. The molecule has 0 heterocycles. The van der Waals surface area contributed by atoms with E-state index >= 15 is 0 Å². The first-order chi connectivity index (χ1) is 6.49. The van der Waals surface area contributed by atoms with Crippen molar-refractivity contribution in [3.05, 3.63) is 0 Å². The molecular formula is C8H14F3NO2. The highest BCUT2D eigenvalue weighted by atomic mass is 19.4. The van der Waals surface area contributed by atoms with E-state index in [1.165, 1.54) is 0 Å². The molecule has 84 valence electrons. The van der Waals surface area contributed by atoms with Gasteiger partial charge in [0, 0.05) is 19.8 Å². The van der Waals surface area contributed by atoms with Crippen LogP contribution in [0.25, 0.3) is 0 Å². The van der Waals surface area contributed by atoms with E-state index in [1.807, 2.05) is 0 Å². The first-order valence-electron chi connectivity index (χ1n) is 4.33. The smallest absolute Gasteiger partial charge is 0.382 e. The standard InChI is InChI=1S/C8H14F3NO2/c1-2-14-5-3-4-12(7-13)6-8(9,10)11/h7H,2-6H2,1H3. The van der Waals surface area contributed by atoms with Gasteiger partial charge in [-0.3, -0.25) is 4.79 Å². The van der Waals surface area contributed by atoms with Crippen molar-refractivity contribution in [3.63, 3.8) is 0 Å². The number of rotatable bonds is 7. The molecule has 0 unspecified atom stereocenters. The fraction of sp³-hybridized carbons (Fsp3) is 0.875. The number of carbonyl (C=O) groups excluding carboxylic acids is 1. The summed E-state index contributed by atoms with van der Waals surface area (Å²) < 4.78 is 40.4. The predicted octanol–water partition coefficient (Wildman–Crippen LogP) is 1.43. The van der Waals surface area contributed by atoms with Gasteiger partial charge in [-0.05, 0) is 13.3 Å². The van der Waals surface area contributed by atoms with Gasteiger partial charge in [0.25, 0.3) is 0 Å². The third kappa shape index (κ3) is 7.85. The molecule has 0 saturated carbocycles. The zero-order chi connectivity index (χ0) is 11.0. The van der Waals surface area contributed by atoms with E-state index in [4.69, 9.17) is 4.74 Å². The van der Waals surface area contributed by atoms with E-state index in [9.17, 15) is 18.0 Å². The van der Waals surface area contributed by atoms with Gasteiger partial charge in [0.05, 0.1) is 0 Å². The van der Waals surface area contributed by atoms with Crippen molar-refractivity contribution in [2.24, 2.45) is 0 Å². The number of hydrogen-bond donors (Lipinski definition) is 0. The molecule has 0 rings (SSSR count). The van der Waals surface area contributed by atoms with Gasteiger partial charge < -0.3 is 9.64 Å². The Hall–Kier alpha value is -0.780. The topological polar surface area (TPSA) is 29.5 Å². The van der Waals surface area contributed by atoms with E-state index in [0.717, 1.165) is 0 Å². The van der Waals surface area contributed by atoms with E-state index in [1.54, 1.807) is 6.92 Å². The molecule has 14 heavy (non-hydrogen) atoms. The Morgan fingerprint density at radius 2 is 2.07 bits per heavy atom. The van der Waals surface area contributed by atoms with Crippen LogP contribution in [0.1, 0.15) is 13.3 Å². The number of amides is 1. The third-order valence-corrected chi connectivity index (χ3v) is 1.47. The van der Waals surface area contributed by atoms with E-state index in [2.05, 4.69) is 0 Å². The van der Waals surface area contributed by atoms with Gasteiger partial charge in [-0.25, -0.2) is 0 Å². The monoisotopic (exact) mass is 213 g/mol. The average molecular weight is 213 g/mol. The molecule has 0 aromatic heterocycles. The van der Waals surface area contributed by atoms with Crippen LogP contribution in [0.3, 0.4) is 0 Å². The molecule has 0 N–H and O–H groups in total. The SMILES string of the molecule is CCOCCCN(C=O)CC(F)(F)F. The zero-order valence-electron chi connectivity index (χ0n) is 8.01. The first-order valence-corrected chi connectivity index (χ1v) is 4.33. The molecule has 0 atom stereocenters. The van der Waals surface area contributed by atoms with Crippen LogP contribution >= 0.6 is 0 Å². The lowest BCUT2D eigenvalue weighted by atomic mass is 10.4. The molecule has 0 bridgehead atoms. The van der Waals surface area contributed by atoms with Gasteiger partial charge in [-0.1, -0.05) is 0 Å². The Morgan fingerprint density at radius 1 is 1.43 bits per heavy atom. The van der Waals surface area contributed by atoms with Gasteiger partial charge in [-0.15, -0.1) is 0 Å². The Morgan fingerprint density at radius 3 is 2.50 bits per heavy atom. The van der Waals surface area contributed by atoms with Gasteiger partial charge in [0.2, 0.25) is 6.41 Å². The number of nitrogens with zero attached hydrogens (tertiary/aromatic N) is 1. The lowest BCUT2D eigenvalue weighted by Crippen LogP contribution is -2.34. The normalized spacial score (nSPS) is 11.4. The molecule has 0 fully saturated rings. The van der Waals surface area contributed by atoms with Crippen LogP contribution in [-0.4, -0.2) is 43.8 Å². The maximum Gasteiger partial charge on any atom is 0.406 e. The second-order valence-corrected chi connectivity index (χ2v) is 2.74. The summed E-state index contributed by atoms with van der Waals surface area (Å²) in [4.78, 5) is 10.9. The number of ether oxygens (including phenoxy) is 1. The van der Waals surface area contributed by atoms with Crippen LogP contribution in [0.15, 0.2) is 0 Å². The largest absolute Gasteiger partial charge is 0.406 e. The summed E-state index contributed by atoms with van der Waals surface area (Å²) in [6.07, 6.45) is -3.70. The van der Waals surface area contributed by atoms with Gasteiger partial charge in [0.15, 0.2) is 0 Å². The molecule has 0 spiro atoms. The van der Waals surface area contributed by atoms with Crippen LogP contribution in [0.5, 0.6) is 0 Å². The molecule has 0 saturated heterocycles. The molecule has 6 heteroatoms. The molecule has 0 aliphatic heterocycles. The van der Waals surface area contributed by atoms with E-state index in [-0.39, 0.29) is 13.0 Å². The average Bonchev–Trinajstić information content (AvgIpc) is 2.08. The first kappa shape index (κ1) is 13.2. The van der Waals surface area contributed by atoms with Crippen LogP contribution < -0.4 is 0 Å². The summed E-state index contributed by atoms with van der Waals surface area (Å²) in [6.45, 7) is 1.58. The molecular weight excluding hydrogens is 199 g/mol. The Bertz CT molecular complexity index is 161. The van der Waals surface area contributed by atoms with Crippen molar-refractivity contribution < 1.29 is 22.7 Å². The van der Waals surface area contributed by atoms with Crippen LogP contribution in [-0.2, 0) is 9.53 Å². The maximum atomic E-state index is 11.8. The molecule has 0 aromatic carbocycles. The second kappa shape index (κ2) is 6.64. The van der Waals surface area contributed by atoms with Crippen LogP contribution in [0.2, 0.25) is 0 Å². The summed E-state index contributed by atoms with van der Waals surface area (Å²) >= 11 is 0. The van der Waals surface area contributed by atoms with Crippen molar-refractivity contribution in [3.8, 4) is 0 Å². The van der Waals surface area contributed by atoms with Gasteiger partial charge in [-0.2, -0.15) is 13.2 Å². The fourth-order valence-corrected chi connectivity index (χ4v) is 0.913. The summed E-state index contributed by atoms with van der Waals surface area (Å²) in [6, 6.07) is 0. The lowest BCUT2D eigenvalue weighted by molar-refractivity contribution is -0.154. The van der Waals surface area contributed by atoms with E-state index < -0.39 is 12.7 Å². The zero-order valence-corrected chi connectivity index (χ0v) is 8.01. The summed E-state index contributed by atoms with van der Waals surface area (Å²) in [5.41, 5.74) is 0. The van der Waals surface area contributed by atoms with Crippen molar-refractivity contribution >= 4 is 6.41 Å². The van der Waals surface area contributed by atoms with Crippen molar-refractivity contribution in [1.82, 2.24) is 4.90 Å². The van der Waals surface area contributed by atoms with E-state index in [0.29, 0.717) is 24.5 Å². The van der Waals surface area contributed by atoms with Crippen molar-refractivity contribution in [2.45, 2.75) is 19.5 Å². The Balaban J connectivity index is 3.64. The third-order valence-electron chi connectivity index (χ3n) is 1.47. The number of halogens is 3. The van der Waals surface area contributed by atoms with Crippen LogP contribution in [0, 0.1) is 0 Å². The second-order valence-electron chi connectivity index (χ2n) is 2.74. The molecule has 1 amide bonds. The molecule has 0 aliphatic rings. The number of alkyl halides is 3. The Kier molecular flexibility index (Phi) is 6.27. The lowest BCUT2D eigenvalue weighted by Gasteiger charge is -2.18. The highest BCUT2D eigenvalue weighted by Gasteiger charge is 2.29. The summed E-state index contributed by atoms with van der Waals surface area (Å²) in [5, 5.41) is 0.